The number of aromatic hydroxyl groups is 4. The fourth-order valence-corrected chi connectivity index (χ4v) is 2.37. The quantitative estimate of drug-likeness (QED) is 0.597. The maximum absolute atomic E-state index is 12.5. The summed E-state index contributed by atoms with van der Waals surface area (Å²) in [5.41, 5.74) is 0.556. The SMILES string of the molecule is O=C1c2cc(O)cc(O)c2OC[C@@H]1c1ccc(O)c(O)c1. The highest BCUT2D eigenvalue weighted by atomic mass is 16.5. The number of ketones is 1. The molecule has 0 saturated heterocycles. The minimum atomic E-state index is -0.690. The van der Waals surface area contributed by atoms with Gasteiger partial charge in [-0.15, -0.1) is 0 Å². The molecule has 0 aliphatic carbocycles. The van der Waals surface area contributed by atoms with E-state index in [-0.39, 0.29) is 46.7 Å². The van der Waals surface area contributed by atoms with E-state index in [1.165, 1.54) is 24.3 Å². The van der Waals surface area contributed by atoms with Gasteiger partial charge in [-0.2, -0.15) is 0 Å². The van der Waals surface area contributed by atoms with Crippen LogP contribution in [-0.2, 0) is 0 Å². The molecule has 1 aliphatic heterocycles. The van der Waals surface area contributed by atoms with Gasteiger partial charge in [-0.1, -0.05) is 6.07 Å². The topological polar surface area (TPSA) is 107 Å². The van der Waals surface area contributed by atoms with Gasteiger partial charge in [-0.25, -0.2) is 0 Å². The summed E-state index contributed by atoms with van der Waals surface area (Å²) in [7, 11) is 0. The van der Waals surface area contributed by atoms with Crippen molar-refractivity contribution in [1.82, 2.24) is 0 Å². The Bertz CT molecular complexity index is 737. The van der Waals surface area contributed by atoms with Gasteiger partial charge in [0.05, 0.1) is 11.5 Å². The third kappa shape index (κ3) is 2.10. The van der Waals surface area contributed by atoms with Gasteiger partial charge >= 0.3 is 0 Å². The number of hydrogen-bond donors (Lipinski definition) is 4. The van der Waals surface area contributed by atoms with Crippen LogP contribution >= 0.6 is 0 Å². The third-order valence-electron chi connectivity index (χ3n) is 3.43. The lowest BCUT2D eigenvalue weighted by molar-refractivity contribution is 0.0891. The van der Waals surface area contributed by atoms with Gasteiger partial charge < -0.3 is 25.2 Å². The Kier molecular flexibility index (Phi) is 2.86. The molecule has 2 aromatic rings. The number of ether oxygens (including phenoxy) is 1. The second-order valence-corrected chi connectivity index (χ2v) is 4.82. The van der Waals surface area contributed by atoms with Crippen LogP contribution in [0.15, 0.2) is 30.3 Å². The van der Waals surface area contributed by atoms with Gasteiger partial charge in [0.2, 0.25) is 0 Å². The van der Waals surface area contributed by atoms with E-state index >= 15 is 0 Å². The number of benzene rings is 2. The van der Waals surface area contributed by atoms with Crippen molar-refractivity contribution in [2.75, 3.05) is 6.61 Å². The fourth-order valence-electron chi connectivity index (χ4n) is 2.37. The van der Waals surface area contributed by atoms with Gasteiger partial charge in [0.15, 0.2) is 28.8 Å². The number of hydrogen-bond acceptors (Lipinski definition) is 6. The molecule has 0 amide bonds. The minimum Gasteiger partial charge on any atom is -0.508 e. The lowest BCUT2D eigenvalue weighted by Crippen LogP contribution is -2.26. The van der Waals surface area contributed by atoms with Gasteiger partial charge in [-0.3, -0.25) is 4.79 Å². The first-order chi connectivity index (χ1) is 9.97. The minimum absolute atomic E-state index is 0.00557. The van der Waals surface area contributed by atoms with E-state index in [1.807, 2.05) is 0 Å². The van der Waals surface area contributed by atoms with Crippen LogP contribution in [0, 0.1) is 0 Å². The molecule has 1 aliphatic rings. The molecule has 0 aromatic heterocycles. The van der Waals surface area contributed by atoms with E-state index in [0.717, 1.165) is 6.07 Å². The average molecular weight is 288 g/mol. The van der Waals surface area contributed by atoms with Crippen molar-refractivity contribution in [3.05, 3.63) is 41.5 Å². The molecule has 0 saturated carbocycles. The van der Waals surface area contributed by atoms with Crippen molar-refractivity contribution >= 4 is 5.78 Å². The maximum atomic E-state index is 12.5. The van der Waals surface area contributed by atoms with E-state index in [2.05, 4.69) is 0 Å². The monoisotopic (exact) mass is 288 g/mol. The summed E-state index contributed by atoms with van der Waals surface area (Å²) >= 11 is 0. The van der Waals surface area contributed by atoms with E-state index in [9.17, 15) is 25.2 Å². The highest BCUT2D eigenvalue weighted by Crippen LogP contribution is 2.41. The van der Waals surface area contributed by atoms with E-state index in [0.29, 0.717) is 5.56 Å². The first kappa shape index (κ1) is 13.1. The summed E-state index contributed by atoms with van der Waals surface area (Å²) in [5.74, 6) is -2.14. The van der Waals surface area contributed by atoms with Crippen molar-refractivity contribution in [3.8, 4) is 28.7 Å². The van der Waals surface area contributed by atoms with Gasteiger partial charge in [0.1, 0.15) is 12.4 Å². The van der Waals surface area contributed by atoms with Crippen molar-refractivity contribution < 1.29 is 30.0 Å². The zero-order valence-corrected chi connectivity index (χ0v) is 10.8. The van der Waals surface area contributed by atoms with Crippen LogP contribution in [0.5, 0.6) is 28.7 Å². The second-order valence-electron chi connectivity index (χ2n) is 4.82. The van der Waals surface area contributed by atoms with Gasteiger partial charge in [-0.05, 0) is 23.8 Å². The summed E-state index contributed by atoms with van der Waals surface area (Å²) < 4.78 is 5.39. The summed E-state index contributed by atoms with van der Waals surface area (Å²) in [4.78, 5) is 12.5. The Morgan fingerprint density at radius 3 is 2.43 bits per heavy atom. The number of carbonyl (C=O) groups is 1. The van der Waals surface area contributed by atoms with Crippen LogP contribution in [-0.4, -0.2) is 32.8 Å². The second kappa shape index (κ2) is 4.59. The predicted octanol–water partition coefficient (Wildman–Crippen LogP) is 1.87. The van der Waals surface area contributed by atoms with E-state index in [1.54, 1.807) is 0 Å². The molecule has 0 radical (unpaired) electrons. The number of carbonyl (C=O) groups excluding carboxylic acids is 1. The average Bonchev–Trinajstić information content (AvgIpc) is 2.43. The lowest BCUT2D eigenvalue weighted by atomic mass is 9.88. The van der Waals surface area contributed by atoms with Crippen molar-refractivity contribution in [1.29, 1.82) is 0 Å². The summed E-state index contributed by atoms with van der Waals surface area (Å²) in [6.45, 7) is -0.00557. The van der Waals surface area contributed by atoms with Crippen LogP contribution in [0.2, 0.25) is 0 Å². The van der Waals surface area contributed by atoms with Crippen LogP contribution in [0.3, 0.4) is 0 Å². The summed E-state index contributed by atoms with van der Waals surface area (Å²) in [6, 6.07) is 6.40. The normalized spacial score (nSPS) is 17.1. The molecule has 3 rings (SSSR count). The first-order valence-electron chi connectivity index (χ1n) is 6.22. The van der Waals surface area contributed by atoms with Gasteiger partial charge in [0, 0.05) is 6.07 Å². The Morgan fingerprint density at radius 2 is 1.71 bits per heavy atom. The number of phenolic OH excluding ortho intramolecular Hbond substituents is 4. The van der Waals surface area contributed by atoms with Crippen molar-refractivity contribution in [3.63, 3.8) is 0 Å². The number of phenols is 4. The molecule has 0 bridgehead atoms. The number of rotatable bonds is 1. The van der Waals surface area contributed by atoms with Gasteiger partial charge in [0.25, 0.3) is 0 Å². The molecular weight excluding hydrogens is 276 g/mol. The smallest absolute Gasteiger partial charge is 0.177 e. The molecule has 1 heterocycles. The molecule has 4 N–H and O–H groups in total. The number of Topliss-reactive ketones (excluding diaryl/α,β-unsaturated/α-hetero) is 1. The maximum Gasteiger partial charge on any atom is 0.177 e. The first-order valence-corrected chi connectivity index (χ1v) is 6.22. The molecule has 6 nitrogen and oxygen atoms in total. The van der Waals surface area contributed by atoms with E-state index in [4.69, 9.17) is 4.74 Å². The lowest BCUT2D eigenvalue weighted by Gasteiger charge is -2.25. The molecule has 0 unspecified atom stereocenters. The largest absolute Gasteiger partial charge is 0.508 e. The van der Waals surface area contributed by atoms with Crippen LogP contribution < -0.4 is 4.74 Å². The Labute approximate surface area is 119 Å². The highest BCUT2D eigenvalue weighted by Gasteiger charge is 2.32. The summed E-state index contributed by atoms with van der Waals surface area (Å²) in [6.07, 6.45) is 0. The molecule has 21 heavy (non-hydrogen) atoms. The molecule has 6 heteroatoms. The fraction of sp³-hybridized carbons (Fsp3) is 0.133. The Hall–Kier alpha value is -2.89. The number of fused-ring (bicyclic) bond motifs is 1. The molecular formula is C15H12O6. The molecule has 0 spiro atoms. The summed E-state index contributed by atoms with van der Waals surface area (Å²) in [5, 5.41) is 38.0. The highest BCUT2D eigenvalue weighted by molar-refractivity contribution is 6.05. The zero-order chi connectivity index (χ0) is 15.1. The van der Waals surface area contributed by atoms with Crippen LogP contribution in [0.25, 0.3) is 0 Å². The van der Waals surface area contributed by atoms with E-state index < -0.39 is 5.92 Å². The van der Waals surface area contributed by atoms with Crippen LogP contribution in [0.1, 0.15) is 21.8 Å². The van der Waals surface area contributed by atoms with Crippen molar-refractivity contribution in [2.45, 2.75) is 5.92 Å². The Balaban J connectivity index is 2.04. The molecule has 2 aromatic carbocycles. The van der Waals surface area contributed by atoms with Crippen molar-refractivity contribution in [2.24, 2.45) is 0 Å². The predicted molar refractivity (Wildman–Crippen MR) is 72.1 cm³/mol. The van der Waals surface area contributed by atoms with Crippen LogP contribution in [0.4, 0.5) is 0 Å². The molecule has 1 atom stereocenters. The zero-order valence-electron chi connectivity index (χ0n) is 10.8. The Morgan fingerprint density at radius 1 is 0.952 bits per heavy atom. The molecule has 108 valence electrons. The third-order valence-corrected chi connectivity index (χ3v) is 3.43. The standard InChI is InChI=1S/C15H12O6/c16-8-4-9-14(20)10(6-21-15(9)13(19)5-8)7-1-2-11(17)12(18)3-7/h1-5,10,16-19H,6H2/t10-/m1/s1. The molecule has 0 fully saturated rings.